The van der Waals surface area contributed by atoms with E-state index in [-0.39, 0.29) is 11.7 Å². The molecule has 1 aromatic carbocycles. The monoisotopic (exact) mass is 413 g/mol. The van der Waals surface area contributed by atoms with Gasteiger partial charge >= 0.3 is 6.18 Å². The first-order chi connectivity index (χ1) is 13.2. The molecule has 1 aliphatic rings. The SMILES string of the molecule is Cc1ccc(C)c(-n2nnnc2SCC(=O)N(CC(F)(F)F)[C@H](C)C2CC2)c1. The second kappa shape index (κ2) is 8.10. The van der Waals surface area contributed by atoms with Crippen molar-refractivity contribution in [1.82, 2.24) is 25.1 Å². The zero-order valence-electron chi connectivity index (χ0n) is 15.9. The topological polar surface area (TPSA) is 63.9 Å². The number of benzene rings is 1. The van der Waals surface area contributed by atoms with Gasteiger partial charge in [0.05, 0.1) is 11.4 Å². The summed E-state index contributed by atoms with van der Waals surface area (Å²) in [6.45, 7) is 4.31. The molecule has 152 valence electrons. The molecule has 1 fully saturated rings. The lowest BCUT2D eigenvalue weighted by atomic mass is 10.1. The molecule has 1 saturated carbocycles. The lowest BCUT2D eigenvalue weighted by molar-refractivity contribution is -0.164. The van der Waals surface area contributed by atoms with Gasteiger partial charge in [0, 0.05) is 6.04 Å². The minimum absolute atomic E-state index is 0.150. The number of aromatic nitrogens is 4. The Morgan fingerprint density at radius 2 is 2.07 bits per heavy atom. The van der Waals surface area contributed by atoms with Crippen molar-refractivity contribution in [2.24, 2.45) is 5.92 Å². The Labute approximate surface area is 165 Å². The third kappa shape index (κ3) is 5.03. The van der Waals surface area contributed by atoms with Gasteiger partial charge in [-0.15, -0.1) is 5.10 Å². The molecule has 1 atom stereocenters. The number of nitrogens with zero attached hydrogens (tertiary/aromatic N) is 5. The Bertz CT molecular complexity index is 850. The van der Waals surface area contributed by atoms with E-state index in [1.54, 1.807) is 6.92 Å². The van der Waals surface area contributed by atoms with Crippen molar-refractivity contribution in [2.75, 3.05) is 12.3 Å². The van der Waals surface area contributed by atoms with Gasteiger partial charge in [0.1, 0.15) is 6.54 Å². The number of carbonyl (C=O) groups excluding carboxylic acids is 1. The molecule has 0 N–H and O–H groups in total. The van der Waals surface area contributed by atoms with E-state index in [2.05, 4.69) is 15.5 Å². The minimum atomic E-state index is -4.43. The summed E-state index contributed by atoms with van der Waals surface area (Å²) in [7, 11) is 0. The van der Waals surface area contributed by atoms with Gasteiger partial charge in [-0.25, -0.2) is 0 Å². The Hall–Kier alpha value is -2.10. The number of alkyl halides is 3. The molecule has 2 aromatic rings. The molecule has 0 aliphatic heterocycles. The maximum Gasteiger partial charge on any atom is 0.406 e. The summed E-state index contributed by atoms with van der Waals surface area (Å²) in [6, 6.07) is 5.40. The highest BCUT2D eigenvalue weighted by molar-refractivity contribution is 7.99. The predicted octanol–water partition coefficient (Wildman–Crippen LogP) is 3.56. The number of rotatable bonds is 7. The molecule has 1 aliphatic carbocycles. The zero-order valence-corrected chi connectivity index (χ0v) is 16.7. The van der Waals surface area contributed by atoms with Crippen LogP contribution >= 0.6 is 11.8 Å². The number of aryl methyl sites for hydroxylation is 2. The van der Waals surface area contributed by atoms with E-state index in [0.717, 1.165) is 46.3 Å². The van der Waals surface area contributed by atoms with E-state index >= 15 is 0 Å². The second-order valence-electron chi connectivity index (χ2n) is 7.17. The number of hydrogen-bond donors (Lipinski definition) is 0. The number of hydrogen-bond acceptors (Lipinski definition) is 5. The maximum absolute atomic E-state index is 13.0. The van der Waals surface area contributed by atoms with Crippen LogP contribution in [-0.2, 0) is 4.79 Å². The first-order valence-corrected chi connectivity index (χ1v) is 9.99. The summed E-state index contributed by atoms with van der Waals surface area (Å²) in [4.78, 5) is 13.5. The van der Waals surface area contributed by atoms with Crippen molar-refractivity contribution >= 4 is 17.7 Å². The Morgan fingerprint density at radius 1 is 1.36 bits per heavy atom. The van der Waals surface area contributed by atoms with Crippen LogP contribution in [0.15, 0.2) is 23.4 Å². The van der Waals surface area contributed by atoms with E-state index in [9.17, 15) is 18.0 Å². The molecular weight excluding hydrogens is 391 g/mol. The molecule has 0 unspecified atom stereocenters. The third-order valence-electron chi connectivity index (χ3n) is 4.82. The van der Waals surface area contributed by atoms with Gasteiger partial charge < -0.3 is 4.90 Å². The van der Waals surface area contributed by atoms with E-state index < -0.39 is 24.7 Å². The summed E-state index contributed by atoms with van der Waals surface area (Å²) in [5, 5.41) is 11.9. The van der Waals surface area contributed by atoms with Crippen LogP contribution in [0.5, 0.6) is 0 Å². The van der Waals surface area contributed by atoms with Gasteiger partial charge in [-0.3, -0.25) is 4.79 Å². The number of tetrazole rings is 1. The Balaban J connectivity index is 1.73. The van der Waals surface area contributed by atoms with Gasteiger partial charge in [0.15, 0.2) is 0 Å². The van der Waals surface area contributed by atoms with Gasteiger partial charge in [0.25, 0.3) is 0 Å². The van der Waals surface area contributed by atoms with Crippen molar-refractivity contribution in [3.8, 4) is 5.69 Å². The molecule has 28 heavy (non-hydrogen) atoms. The van der Waals surface area contributed by atoms with Crippen molar-refractivity contribution < 1.29 is 18.0 Å². The summed E-state index contributed by atoms with van der Waals surface area (Å²) < 4.78 is 40.4. The van der Waals surface area contributed by atoms with Gasteiger partial charge in [0.2, 0.25) is 11.1 Å². The molecule has 6 nitrogen and oxygen atoms in total. The first-order valence-electron chi connectivity index (χ1n) is 9.01. The quantitative estimate of drug-likeness (QED) is 0.650. The molecule has 10 heteroatoms. The van der Waals surface area contributed by atoms with E-state index in [4.69, 9.17) is 0 Å². The fourth-order valence-electron chi connectivity index (χ4n) is 3.06. The Morgan fingerprint density at radius 3 is 2.71 bits per heavy atom. The molecular formula is C18H22F3N5OS. The number of halogens is 3. The van der Waals surface area contributed by atoms with Crippen LogP contribution in [-0.4, -0.2) is 55.5 Å². The van der Waals surface area contributed by atoms with Crippen LogP contribution < -0.4 is 0 Å². The summed E-state index contributed by atoms with van der Waals surface area (Å²) >= 11 is 1.04. The van der Waals surface area contributed by atoms with Crippen LogP contribution in [0, 0.1) is 19.8 Å². The molecule has 0 saturated heterocycles. The molecule has 0 bridgehead atoms. The van der Waals surface area contributed by atoms with Crippen molar-refractivity contribution in [3.63, 3.8) is 0 Å². The molecule has 1 amide bonds. The smallest absolute Gasteiger partial charge is 0.330 e. The van der Waals surface area contributed by atoms with Crippen molar-refractivity contribution in [1.29, 1.82) is 0 Å². The maximum atomic E-state index is 13.0. The highest BCUT2D eigenvalue weighted by Crippen LogP contribution is 2.36. The average molecular weight is 413 g/mol. The average Bonchev–Trinajstić information content (AvgIpc) is 3.37. The fourth-order valence-corrected chi connectivity index (χ4v) is 3.83. The summed E-state index contributed by atoms with van der Waals surface area (Å²) in [5.74, 6) is -0.563. The highest BCUT2D eigenvalue weighted by Gasteiger charge is 2.40. The summed E-state index contributed by atoms with van der Waals surface area (Å²) in [5.41, 5.74) is 2.75. The van der Waals surface area contributed by atoms with E-state index in [0.29, 0.717) is 5.16 Å². The molecule has 0 radical (unpaired) electrons. The molecule has 0 spiro atoms. The van der Waals surface area contributed by atoms with Gasteiger partial charge in [-0.1, -0.05) is 23.9 Å². The van der Waals surface area contributed by atoms with Crippen molar-refractivity contribution in [2.45, 2.75) is 51.0 Å². The third-order valence-corrected chi connectivity index (χ3v) is 5.73. The van der Waals surface area contributed by atoms with E-state index in [1.807, 2.05) is 32.0 Å². The van der Waals surface area contributed by atoms with Crippen LogP contribution in [0.25, 0.3) is 5.69 Å². The van der Waals surface area contributed by atoms with Gasteiger partial charge in [-0.05, 0) is 67.2 Å². The lowest BCUT2D eigenvalue weighted by Crippen LogP contribution is -2.46. The minimum Gasteiger partial charge on any atom is -0.330 e. The highest BCUT2D eigenvalue weighted by atomic mass is 32.2. The first kappa shape index (κ1) is 20.6. The normalized spacial score (nSPS) is 15.5. The van der Waals surface area contributed by atoms with Crippen LogP contribution in [0.2, 0.25) is 0 Å². The van der Waals surface area contributed by atoms with Crippen molar-refractivity contribution in [3.05, 3.63) is 29.3 Å². The lowest BCUT2D eigenvalue weighted by Gasteiger charge is -2.30. The summed E-state index contributed by atoms with van der Waals surface area (Å²) in [6.07, 6.45) is -2.70. The number of thioether (sulfide) groups is 1. The predicted molar refractivity (Wildman–Crippen MR) is 99.3 cm³/mol. The van der Waals surface area contributed by atoms with Crippen LogP contribution in [0.1, 0.15) is 30.9 Å². The van der Waals surface area contributed by atoms with E-state index in [1.165, 1.54) is 4.68 Å². The van der Waals surface area contributed by atoms with Crippen LogP contribution in [0.3, 0.4) is 0 Å². The second-order valence-corrected chi connectivity index (χ2v) is 8.11. The van der Waals surface area contributed by atoms with Gasteiger partial charge in [-0.2, -0.15) is 17.9 Å². The zero-order chi connectivity index (χ0) is 20.5. The molecule has 3 rings (SSSR count). The standard InChI is InChI=1S/C18H22F3N5OS/c1-11-4-5-12(2)15(8-11)26-17(22-23-24-26)28-9-16(27)25(10-18(19,20)21)13(3)14-6-7-14/h4-5,8,13-14H,6-7,9-10H2,1-3H3/t13-/m1/s1. The van der Waals surface area contributed by atoms with Crippen LogP contribution in [0.4, 0.5) is 13.2 Å². The molecule has 1 aromatic heterocycles. The largest absolute Gasteiger partial charge is 0.406 e. The number of carbonyl (C=O) groups is 1. The molecule has 1 heterocycles. The number of amides is 1. The fraction of sp³-hybridized carbons (Fsp3) is 0.556. The Kier molecular flexibility index (Phi) is 5.97.